The van der Waals surface area contributed by atoms with E-state index in [0.717, 1.165) is 25.7 Å². The van der Waals surface area contributed by atoms with Gasteiger partial charge in [0, 0.05) is 32.7 Å². The Balaban J connectivity index is 0. The van der Waals surface area contributed by atoms with Gasteiger partial charge >= 0.3 is 0 Å². The standard InChI is InChI=1S/C7H12F.CH3.Y/c1-6-2-4-7(8)5-3-6;;/h6-7H,1-5H2;1H3;/q2*-1;. The Morgan fingerprint density at radius 2 is 1.50 bits per heavy atom. The molecule has 0 atom stereocenters. The minimum absolute atomic E-state index is 0. The summed E-state index contributed by atoms with van der Waals surface area (Å²) in [7, 11) is 0. The van der Waals surface area contributed by atoms with Crippen LogP contribution in [0.1, 0.15) is 25.7 Å². The van der Waals surface area contributed by atoms with E-state index in [1.165, 1.54) is 0 Å². The van der Waals surface area contributed by atoms with Gasteiger partial charge in [-0.1, -0.05) is 12.8 Å². The van der Waals surface area contributed by atoms with E-state index in [-0.39, 0.29) is 40.1 Å². The molecule has 1 rings (SSSR count). The predicted molar refractivity (Wildman–Crippen MR) is 38.6 cm³/mol. The van der Waals surface area contributed by atoms with Crippen molar-refractivity contribution in [2.75, 3.05) is 0 Å². The van der Waals surface area contributed by atoms with Crippen molar-refractivity contribution >= 4 is 0 Å². The average molecular weight is 219 g/mol. The van der Waals surface area contributed by atoms with Gasteiger partial charge in [-0.25, -0.2) is 4.39 Å². The molecule has 0 aromatic carbocycles. The third-order valence-electron chi connectivity index (χ3n) is 1.78. The molecule has 0 aromatic heterocycles. The fourth-order valence-electron chi connectivity index (χ4n) is 1.12. The number of alkyl halides is 1. The molecule has 1 aliphatic rings. The Labute approximate surface area is 88.8 Å². The fraction of sp³-hybridized carbons (Fsp3) is 0.750. The molecule has 0 saturated heterocycles. The SMILES string of the molecule is [CH2-]C1CCC(F)CC1.[CH3-].[Y]. The summed E-state index contributed by atoms with van der Waals surface area (Å²) in [6.45, 7) is 3.87. The number of hydrogen-bond acceptors (Lipinski definition) is 0. The molecule has 0 heterocycles. The molecule has 0 spiro atoms. The summed E-state index contributed by atoms with van der Waals surface area (Å²) in [6, 6.07) is 0. The van der Waals surface area contributed by atoms with Crippen LogP contribution in [0, 0.1) is 20.3 Å². The Morgan fingerprint density at radius 3 is 1.80 bits per heavy atom. The maximum atomic E-state index is 12.3. The maximum Gasteiger partial charge on any atom is 0.1000 e. The van der Waals surface area contributed by atoms with Gasteiger partial charge in [0.1, 0.15) is 0 Å². The van der Waals surface area contributed by atoms with Gasteiger partial charge in [0.25, 0.3) is 0 Å². The van der Waals surface area contributed by atoms with Crippen LogP contribution in [-0.2, 0) is 32.7 Å². The second kappa shape index (κ2) is 6.73. The second-order valence-electron chi connectivity index (χ2n) is 2.62. The first-order chi connectivity index (χ1) is 3.79. The summed E-state index contributed by atoms with van der Waals surface area (Å²) in [5.41, 5.74) is 0. The van der Waals surface area contributed by atoms with E-state index >= 15 is 0 Å². The molecule has 1 radical (unpaired) electrons. The summed E-state index contributed by atoms with van der Waals surface area (Å²) in [5, 5.41) is 0. The van der Waals surface area contributed by atoms with Crippen LogP contribution in [0.2, 0.25) is 0 Å². The Hall–Kier alpha value is 1.03. The summed E-state index contributed by atoms with van der Waals surface area (Å²) < 4.78 is 12.3. The molecule has 1 saturated carbocycles. The van der Waals surface area contributed by atoms with Gasteiger partial charge in [-0.2, -0.15) is 5.92 Å². The van der Waals surface area contributed by atoms with Crippen LogP contribution >= 0.6 is 0 Å². The molecule has 0 aromatic rings. The third-order valence-corrected chi connectivity index (χ3v) is 1.78. The summed E-state index contributed by atoms with van der Waals surface area (Å²) in [5.74, 6) is 0.530. The van der Waals surface area contributed by atoms with Crippen LogP contribution < -0.4 is 0 Å². The van der Waals surface area contributed by atoms with Crippen molar-refractivity contribution in [2.24, 2.45) is 5.92 Å². The zero-order valence-corrected chi connectivity index (χ0v) is 9.48. The Bertz CT molecular complexity index is 57.7. The number of halogens is 1. The molecule has 0 nitrogen and oxygen atoms in total. The van der Waals surface area contributed by atoms with Crippen molar-refractivity contribution in [1.29, 1.82) is 0 Å². The molecule has 10 heavy (non-hydrogen) atoms. The van der Waals surface area contributed by atoms with E-state index in [4.69, 9.17) is 0 Å². The molecular formula is C8H15FY-2. The van der Waals surface area contributed by atoms with Crippen LogP contribution in [0.5, 0.6) is 0 Å². The van der Waals surface area contributed by atoms with Crippen molar-refractivity contribution in [3.8, 4) is 0 Å². The van der Waals surface area contributed by atoms with E-state index < -0.39 is 6.17 Å². The first kappa shape index (κ1) is 13.6. The van der Waals surface area contributed by atoms with E-state index in [1.807, 2.05) is 0 Å². The monoisotopic (exact) mass is 219 g/mol. The van der Waals surface area contributed by atoms with Gasteiger partial charge in [0.2, 0.25) is 0 Å². The van der Waals surface area contributed by atoms with Crippen LogP contribution in [0.3, 0.4) is 0 Å². The molecule has 1 fully saturated rings. The normalized spacial score (nSPS) is 31.8. The van der Waals surface area contributed by atoms with Gasteiger partial charge in [-0.05, 0) is 12.8 Å². The van der Waals surface area contributed by atoms with Gasteiger partial charge in [-0.15, -0.1) is 0 Å². The first-order valence-electron chi connectivity index (χ1n) is 3.26. The van der Waals surface area contributed by atoms with Gasteiger partial charge in [-0.3, -0.25) is 0 Å². The number of rotatable bonds is 0. The van der Waals surface area contributed by atoms with Gasteiger partial charge < -0.3 is 14.4 Å². The van der Waals surface area contributed by atoms with Crippen LogP contribution in [0.25, 0.3) is 0 Å². The molecule has 0 N–H and O–H groups in total. The minimum atomic E-state index is -0.520. The Morgan fingerprint density at radius 1 is 1.10 bits per heavy atom. The fourth-order valence-corrected chi connectivity index (χ4v) is 1.12. The van der Waals surface area contributed by atoms with Crippen molar-refractivity contribution in [2.45, 2.75) is 31.9 Å². The molecule has 0 amide bonds. The van der Waals surface area contributed by atoms with E-state index in [2.05, 4.69) is 6.92 Å². The molecule has 0 unspecified atom stereocenters. The predicted octanol–water partition coefficient (Wildman–Crippen LogP) is 2.80. The molecule has 0 aliphatic heterocycles. The van der Waals surface area contributed by atoms with Crippen molar-refractivity contribution in [3.63, 3.8) is 0 Å². The first-order valence-corrected chi connectivity index (χ1v) is 3.26. The summed E-state index contributed by atoms with van der Waals surface area (Å²) in [6.07, 6.45) is 2.94. The van der Waals surface area contributed by atoms with Crippen molar-refractivity contribution in [1.82, 2.24) is 0 Å². The molecule has 1 aliphatic carbocycles. The van der Waals surface area contributed by atoms with Gasteiger partial charge in [0.15, 0.2) is 0 Å². The average Bonchev–Trinajstić information content (AvgIpc) is 1.77. The minimum Gasteiger partial charge on any atom is -0.358 e. The van der Waals surface area contributed by atoms with E-state index in [9.17, 15) is 4.39 Å². The largest absolute Gasteiger partial charge is 0.358 e. The Kier molecular flexibility index (Phi) is 9.16. The van der Waals surface area contributed by atoms with Crippen LogP contribution in [0.4, 0.5) is 4.39 Å². The smallest absolute Gasteiger partial charge is 0.1000 e. The maximum absolute atomic E-state index is 12.3. The zero-order valence-electron chi connectivity index (χ0n) is 6.65. The summed E-state index contributed by atoms with van der Waals surface area (Å²) >= 11 is 0. The summed E-state index contributed by atoms with van der Waals surface area (Å²) in [4.78, 5) is 0. The molecule has 2 heteroatoms. The third kappa shape index (κ3) is 4.79. The second-order valence-corrected chi connectivity index (χ2v) is 2.62. The van der Waals surface area contributed by atoms with E-state index in [1.54, 1.807) is 0 Å². The van der Waals surface area contributed by atoms with E-state index in [0.29, 0.717) is 5.92 Å². The quantitative estimate of drug-likeness (QED) is 0.549. The van der Waals surface area contributed by atoms with Crippen LogP contribution in [-0.4, -0.2) is 6.17 Å². The van der Waals surface area contributed by atoms with Crippen molar-refractivity contribution in [3.05, 3.63) is 14.4 Å². The topological polar surface area (TPSA) is 0 Å². The molecular weight excluding hydrogens is 204 g/mol. The molecule has 0 bridgehead atoms. The van der Waals surface area contributed by atoms with Gasteiger partial charge in [0.05, 0.1) is 6.17 Å². The van der Waals surface area contributed by atoms with Crippen LogP contribution in [0.15, 0.2) is 0 Å². The number of hydrogen-bond donors (Lipinski definition) is 0. The zero-order chi connectivity index (χ0) is 5.98. The molecule has 59 valence electrons. The van der Waals surface area contributed by atoms with Crippen molar-refractivity contribution < 1.29 is 37.1 Å².